The van der Waals surface area contributed by atoms with Crippen LogP contribution in [0.1, 0.15) is 6.92 Å². The molecule has 8 nitrogen and oxygen atoms in total. The molecule has 1 aliphatic rings. The fourth-order valence-electron chi connectivity index (χ4n) is 2.11. The minimum absolute atomic E-state index is 0.0682. The number of hydrogen-bond donors (Lipinski definition) is 2. The van der Waals surface area contributed by atoms with Gasteiger partial charge in [-0.25, -0.2) is 4.63 Å². The second-order valence-corrected chi connectivity index (χ2v) is 4.35. The number of rotatable bonds is 1. The number of nitrogen functional groups attached to an aromatic ring is 1. The summed E-state index contributed by atoms with van der Waals surface area (Å²) in [7, 11) is 0. The number of benzene rings is 1. The van der Waals surface area contributed by atoms with E-state index in [9.17, 15) is 9.59 Å². The number of anilines is 2. The maximum absolute atomic E-state index is 11.7. The van der Waals surface area contributed by atoms with Crippen molar-refractivity contribution in [3.8, 4) is 0 Å². The predicted octanol–water partition coefficient (Wildman–Crippen LogP) is -0.344. The molecule has 1 unspecified atom stereocenters. The standard InChI is InChI=1S/C11H11N5O3/c1-5-11(18)13-8(17)4-16(5)7-3-2-6(12)9-10(7)15-19-14-9/h2-3,5H,4,12H2,1H3,(H,13,17,18). The zero-order valence-corrected chi connectivity index (χ0v) is 10.1. The van der Waals surface area contributed by atoms with Crippen LogP contribution < -0.4 is 16.0 Å². The Kier molecular flexibility index (Phi) is 2.37. The van der Waals surface area contributed by atoms with Crippen molar-refractivity contribution in [1.82, 2.24) is 15.6 Å². The van der Waals surface area contributed by atoms with Crippen molar-refractivity contribution in [2.24, 2.45) is 0 Å². The summed E-state index contributed by atoms with van der Waals surface area (Å²) in [4.78, 5) is 24.8. The molecule has 1 aromatic heterocycles. The van der Waals surface area contributed by atoms with E-state index in [1.807, 2.05) is 0 Å². The van der Waals surface area contributed by atoms with Crippen LogP contribution in [0.15, 0.2) is 16.8 Å². The van der Waals surface area contributed by atoms with Crippen LogP contribution in [0.25, 0.3) is 11.0 Å². The third kappa shape index (κ3) is 1.68. The van der Waals surface area contributed by atoms with E-state index in [-0.39, 0.29) is 18.4 Å². The summed E-state index contributed by atoms with van der Waals surface area (Å²) < 4.78 is 4.67. The molecule has 2 heterocycles. The molecule has 0 bridgehead atoms. The summed E-state index contributed by atoms with van der Waals surface area (Å²) >= 11 is 0. The lowest BCUT2D eigenvalue weighted by Crippen LogP contribution is -2.57. The first-order valence-corrected chi connectivity index (χ1v) is 5.69. The summed E-state index contributed by atoms with van der Waals surface area (Å²) in [5, 5.41) is 9.78. The number of amides is 2. The molecule has 0 saturated carbocycles. The molecule has 0 aliphatic carbocycles. The highest BCUT2D eigenvalue weighted by molar-refractivity contribution is 6.06. The van der Waals surface area contributed by atoms with Gasteiger partial charge in [0, 0.05) is 0 Å². The third-order valence-electron chi connectivity index (χ3n) is 3.16. The van der Waals surface area contributed by atoms with Crippen molar-refractivity contribution in [1.29, 1.82) is 0 Å². The highest BCUT2D eigenvalue weighted by Crippen LogP contribution is 2.30. The minimum Gasteiger partial charge on any atom is -0.397 e. The van der Waals surface area contributed by atoms with Crippen LogP contribution in [-0.4, -0.2) is 34.7 Å². The molecule has 8 heteroatoms. The topological polar surface area (TPSA) is 114 Å². The molecule has 1 atom stereocenters. The number of carbonyl (C=O) groups is 2. The first-order valence-electron chi connectivity index (χ1n) is 5.69. The van der Waals surface area contributed by atoms with E-state index < -0.39 is 6.04 Å². The van der Waals surface area contributed by atoms with Gasteiger partial charge in [0.1, 0.15) is 6.04 Å². The average molecular weight is 261 g/mol. The Balaban J connectivity index is 2.13. The molecule has 1 aliphatic heterocycles. The molecule has 1 aromatic carbocycles. The van der Waals surface area contributed by atoms with E-state index in [0.29, 0.717) is 22.4 Å². The third-order valence-corrected chi connectivity index (χ3v) is 3.16. The highest BCUT2D eigenvalue weighted by Gasteiger charge is 2.32. The number of carbonyl (C=O) groups excluding carboxylic acids is 2. The maximum atomic E-state index is 11.7. The monoisotopic (exact) mass is 261 g/mol. The number of aromatic nitrogens is 2. The Hall–Kier alpha value is -2.64. The van der Waals surface area contributed by atoms with E-state index in [4.69, 9.17) is 5.73 Å². The van der Waals surface area contributed by atoms with Gasteiger partial charge in [-0.1, -0.05) is 0 Å². The van der Waals surface area contributed by atoms with Crippen molar-refractivity contribution in [2.45, 2.75) is 13.0 Å². The minimum atomic E-state index is -0.485. The molecule has 19 heavy (non-hydrogen) atoms. The molecule has 98 valence electrons. The quantitative estimate of drug-likeness (QED) is 0.533. The number of hydrogen-bond acceptors (Lipinski definition) is 7. The first kappa shape index (κ1) is 11.5. The van der Waals surface area contributed by atoms with Crippen molar-refractivity contribution >= 4 is 34.2 Å². The van der Waals surface area contributed by atoms with Crippen molar-refractivity contribution in [2.75, 3.05) is 17.2 Å². The zero-order valence-electron chi connectivity index (χ0n) is 10.1. The molecular weight excluding hydrogens is 250 g/mol. The Bertz CT molecular complexity index is 680. The summed E-state index contributed by atoms with van der Waals surface area (Å²) in [6.07, 6.45) is 0. The van der Waals surface area contributed by atoms with Gasteiger partial charge >= 0.3 is 0 Å². The van der Waals surface area contributed by atoms with Crippen LogP contribution in [0.5, 0.6) is 0 Å². The van der Waals surface area contributed by atoms with Gasteiger partial charge in [0.2, 0.25) is 11.8 Å². The number of nitrogens with two attached hydrogens (primary N) is 1. The molecule has 0 spiro atoms. The number of fused-ring (bicyclic) bond motifs is 1. The van der Waals surface area contributed by atoms with Gasteiger partial charge in [-0.3, -0.25) is 14.9 Å². The summed E-state index contributed by atoms with van der Waals surface area (Å²) in [6.45, 7) is 1.77. The van der Waals surface area contributed by atoms with E-state index >= 15 is 0 Å². The number of nitrogens with zero attached hydrogens (tertiary/aromatic N) is 3. The second kappa shape index (κ2) is 3.94. The van der Waals surface area contributed by atoms with Gasteiger partial charge in [-0.2, -0.15) is 0 Å². The molecule has 1 fully saturated rings. The normalized spacial score (nSPS) is 19.8. The van der Waals surface area contributed by atoms with Gasteiger partial charge in [0.05, 0.1) is 17.9 Å². The fourth-order valence-corrected chi connectivity index (χ4v) is 2.11. The highest BCUT2D eigenvalue weighted by atomic mass is 16.6. The van der Waals surface area contributed by atoms with E-state index in [2.05, 4.69) is 20.3 Å². The summed E-state index contributed by atoms with van der Waals surface area (Å²) in [5.41, 5.74) is 7.65. The zero-order chi connectivity index (χ0) is 13.6. The van der Waals surface area contributed by atoms with Gasteiger partial charge in [-0.15, -0.1) is 0 Å². The Morgan fingerprint density at radius 1 is 1.37 bits per heavy atom. The largest absolute Gasteiger partial charge is 0.397 e. The van der Waals surface area contributed by atoms with E-state index in [1.54, 1.807) is 24.0 Å². The Labute approximate surface area is 107 Å². The molecule has 1 saturated heterocycles. The lowest BCUT2D eigenvalue weighted by atomic mass is 10.1. The van der Waals surface area contributed by atoms with Crippen molar-refractivity contribution < 1.29 is 14.2 Å². The van der Waals surface area contributed by atoms with Gasteiger partial charge < -0.3 is 10.6 Å². The molecular formula is C11H11N5O3. The molecule has 3 rings (SSSR count). The van der Waals surface area contributed by atoms with Gasteiger partial charge in [0.15, 0.2) is 11.0 Å². The lowest BCUT2D eigenvalue weighted by molar-refractivity contribution is -0.132. The van der Waals surface area contributed by atoms with Crippen molar-refractivity contribution in [3.05, 3.63) is 12.1 Å². The SMILES string of the molecule is CC1C(=O)NC(=O)CN1c1ccc(N)c2nonc12. The van der Waals surface area contributed by atoms with Crippen LogP contribution in [0.3, 0.4) is 0 Å². The smallest absolute Gasteiger partial charge is 0.249 e. The first-order chi connectivity index (χ1) is 9.08. The molecule has 0 radical (unpaired) electrons. The Morgan fingerprint density at radius 2 is 2.11 bits per heavy atom. The fraction of sp³-hybridized carbons (Fsp3) is 0.273. The molecule has 3 N–H and O–H groups in total. The summed E-state index contributed by atoms with van der Waals surface area (Å²) in [5.74, 6) is -0.706. The van der Waals surface area contributed by atoms with Gasteiger partial charge in [-0.05, 0) is 29.4 Å². The van der Waals surface area contributed by atoms with Crippen LogP contribution in [0.2, 0.25) is 0 Å². The maximum Gasteiger partial charge on any atom is 0.249 e. The van der Waals surface area contributed by atoms with Crippen LogP contribution in [0, 0.1) is 0 Å². The lowest BCUT2D eigenvalue weighted by Gasteiger charge is -2.33. The van der Waals surface area contributed by atoms with Crippen LogP contribution >= 0.6 is 0 Å². The average Bonchev–Trinajstić information content (AvgIpc) is 2.85. The number of piperazine rings is 1. The molecule has 2 amide bonds. The van der Waals surface area contributed by atoms with E-state index in [1.165, 1.54) is 0 Å². The number of imide groups is 1. The van der Waals surface area contributed by atoms with Gasteiger partial charge in [0.25, 0.3) is 0 Å². The predicted molar refractivity (Wildman–Crippen MR) is 66.2 cm³/mol. The van der Waals surface area contributed by atoms with E-state index in [0.717, 1.165) is 0 Å². The van der Waals surface area contributed by atoms with Crippen LogP contribution in [0.4, 0.5) is 11.4 Å². The summed E-state index contributed by atoms with van der Waals surface area (Å²) in [6, 6.07) is 2.86. The Morgan fingerprint density at radius 3 is 2.89 bits per heavy atom. The van der Waals surface area contributed by atoms with Crippen molar-refractivity contribution in [3.63, 3.8) is 0 Å². The number of nitrogens with one attached hydrogen (secondary N) is 1. The molecule has 2 aromatic rings. The second-order valence-electron chi connectivity index (χ2n) is 4.35. The van der Waals surface area contributed by atoms with Crippen LogP contribution in [-0.2, 0) is 9.59 Å².